The molecule has 2 aromatic heterocycles. The van der Waals surface area contributed by atoms with Gasteiger partial charge >= 0.3 is 0 Å². The normalized spacial score (nSPS) is 10.7. The summed E-state index contributed by atoms with van der Waals surface area (Å²) in [6.07, 6.45) is 2.26. The maximum Gasteiger partial charge on any atom is 0.261 e. The highest BCUT2D eigenvalue weighted by atomic mass is 16.2. The van der Waals surface area contributed by atoms with Gasteiger partial charge in [-0.1, -0.05) is 37.3 Å². The zero-order chi connectivity index (χ0) is 23.4. The number of amides is 2. The van der Waals surface area contributed by atoms with E-state index in [1.54, 1.807) is 47.9 Å². The van der Waals surface area contributed by atoms with Crippen LogP contribution in [0.1, 0.15) is 28.5 Å². The average molecular weight is 441 g/mol. The average Bonchev–Trinajstić information content (AvgIpc) is 2.81. The Labute approximate surface area is 191 Å². The molecule has 0 aliphatic carbocycles. The van der Waals surface area contributed by atoms with Crippen molar-refractivity contribution < 1.29 is 9.59 Å². The number of anilines is 2. The lowest BCUT2D eigenvalue weighted by Gasteiger charge is -2.14. The molecular weight excluding hydrogens is 416 g/mol. The summed E-state index contributed by atoms with van der Waals surface area (Å²) in [6, 6.07) is 19.9. The van der Waals surface area contributed by atoms with Gasteiger partial charge in [0.25, 0.3) is 5.91 Å². The van der Waals surface area contributed by atoms with Crippen molar-refractivity contribution in [2.24, 2.45) is 0 Å². The number of carbonyl (C=O) groups is 2. The molecular formula is C26H24N4O3. The molecule has 0 aliphatic heterocycles. The molecule has 4 aromatic rings. The molecule has 4 rings (SSSR count). The third kappa shape index (κ3) is 4.98. The summed E-state index contributed by atoms with van der Waals surface area (Å²) in [5.41, 5.74) is 2.94. The van der Waals surface area contributed by atoms with E-state index in [1.165, 1.54) is 6.20 Å². The summed E-state index contributed by atoms with van der Waals surface area (Å²) < 4.78 is 1.54. The number of aryl methyl sites for hydroxylation is 2. The van der Waals surface area contributed by atoms with Gasteiger partial charge < -0.3 is 15.2 Å². The first-order valence-electron chi connectivity index (χ1n) is 10.7. The molecule has 2 N–H and O–H groups in total. The molecule has 2 aromatic carbocycles. The molecule has 0 saturated heterocycles. The van der Waals surface area contributed by atoms with Crippen LogP contribution in [0.3, 0.4) is 0 Å². The van der Waals surface area contributed by atoms with Crippen LogP contribution in [0.5, 0.6) is 0 Å². The SMILES string of the molecule is CCc1cccc(NC(=O)Cn2cc(C(=O)Nc3ccccc3)c(=O)c3ccc(C)nc32)c1. The minimum Gasteiger partial charge on any atom is -0.325 e. The van der Waals surface area contributed by atoms with Crippen LogP contribution >= 0.6 is 0 Å². The van der Waals surface area contributed by atoms with Gasteiger partial charge in [0, 0.05) is 23.3 Å². The summed E-state index contributed by atoms with van der Waals surface area (Å²) in [5.74, 6) is -0.829. The second-order valence-corrected chi connectivity index (χ2v) is 7.75. The highest BCUT2D eigenvalue weighted by Crippen LogP contribution is 2.15. The van der Waals surface area contributed by atoms with Crippen molar-refractivity contribution in [2.75, 3.05) is 10.6 Å². The number of nitrogens with zero attached hydrogens (tertiary/aromatic N) is 2. The van der Waals surface area contributed by atoms with Crippen molar-refractivity contribution in [1.82, 2.24) is 9.55 Å². The highest BCUT2D eigenvalue weighted by Gasteiger charge is 2.18. The van der Waals surface area contributed by atoms with Crippen molar-refractivity contribution >= 4 is 34.2 Å². The van der Waals surface area contributed by atoms with Gasteiger partial charge in [-0.3, -0.25) is 14.4 Å². The van der Waals surface area contributed by atoms with Gasteiger partial charge in [0.2, 0.25) is 11.3 Å². The lowest BCUT2D eigenvalue weighted by atomic mass is 10.1. The van der Waals surface area contributed by atoms with Crippen LogP contribution < -0.4 is 16.1 Å². The van der Waals surface area contributed by atoms with Crippen LogP contribution in [0.4, 0.5) is 11.4 Å². The number of carbonyl (C=O) groups excluding carboxylic acids is 2. The minimum atomic E-state index is -0.543. The topological polar surface area (TPSA) is 93.1 Å². The standard InChI is InChI=1S/C26H24N4O3/c1-3-18-8-7-11-20(14-18)28-23(31)16-30-15-22(26(33)29-19-9-5-4-6-10-19)24(32)21-13-12-17(2)27-25(21)30/h4-15H,3,16H2,1-2H3,(H,28,31)(H,29,33). The first kappa shape index (κ1) is 22.0. The van der Waals surface area contributed by atoms with Gasteiger partial charge in [-0.25, -0.2) is 4.98 Å². The zero-order valence-corrected chi connectivity index (χ0v) is 18.5. The van der Waals surface area contributed by atoms with Crippen molar-refractivity contribution in [3.63, 3.8) is 0 Å². The predicted molar refractivity (Wildman–Crippen MR) is 130 cm³/mol. The Hall–Kier alpha value is -4.26. The number of benzene rings is 2. The maximum atomic E-state index is 13.1. The Morgan fingerprint density at radius 1 is 0.939 bits per heavy atom. The smallest absolute Gasteiger partial charge is 0.261 e. The number of fused-ring (bicyclic) bond motifs is 1. The zero-order valence-electron chi connectivity index (χ0n) is 18.5. The Bertz CT molecular complexity index is 1390. The largest absolute Gasteiger partial charge is 0.325 e. The Morgan fingerprint density at radius 3 is 2.45 bits per heavy atom. The quantitative estimate of drug-likeness (QED) is 0.471. The third-order valence-electron chi connectivity index (χ3n) is 5.27. The van der Waals surface area contributed by atoms with E-state index < -0.39 is 11.3 Å². The van der Waals surface area contributed by atoms with Crippen LogP contribution in [0.25, 0.3) is 11.0 Å². The number of hydrogen-bond acceptors (Lipinski definition) is 4. The third-order valence-corrected chi connectivity index (χ3v) is 5.27. The first-order valence-corrected chi connectivity index (χ1v) is 10.7. The van der Waals surface area contributed by atoms with Crippen LogP contribution in [0, 0.1) is 6.92 Å². The van der Waals surface area contributed by atoms with E-state index in [0.717, 1.165) is 12.0 Å². The number of para-hydroxylation sites is 1. The number of rotatable bonds is 6. The number of nitrogens with one attached hydrogen (secondary N) is 2. The molecule has 7 nitrogen and oxygen atoms in total. The van der Waals surface area contributed by atoms with Gasteiger partial charge in [0.15, 0.2) is 0 Å². The lowest BCUT2D eigenvalue weighted by Crippen LogP contribution is -2.27. The molecule has 0 unspecified atom stereocenters. The molecule has 2 amide bonds. The van der Waals surface area contributed by atoms with E-state index in [4.69, 9.17) is 0 Å². The van der Waals surface area contributed by atoms with E-state index in [2.05, 4.69) is 15.6 Å². The van der Waals surface area contributed by atoms with Crippen LogP contribution in [-0.2, 0) is 17.8 Å². The minimum absolute atomic E-state index is 0.0576. The van der Waals surface area contributed by atoms with Gasteiger partial charge in [0.05, 0.1) is 5.39 Å². The van der Waals surface area contributed by atoms with Crippen LogP contribution in [0.2, 0.25) is 0 Å². The molecule has 0 spiro atoms. The molecule has 0 saturated carbocycles. The molecule has 0 fully saturated rings. The number of pyridine rings is 2. The van der Waals surface area contributed by atoms with Gasteiger partial charge in [-0.2, -0.15) is 0 Å². The van der Waals surface area contributed by atoms with E-state index in [9.17, 15) is 14.4 Å². The first-order chi connectivity index (χ1) is 15.9. The van der Waals surface area contributed by atoms with Crippen molar-refractivity contribution in [3.8, 4) is 0 Å². The molecule has 0 aliphatic rings. The summed E-state index contributed by atoms with van der Waals surface area (Å²) in [6.45, 7) is 3.75. The summed E-state index contributed by atoms with van der Waals surface area (Å²) in [4.78, 5) is 43.2. The molecule has 166 valence electrons. The molecule has 2 heterocycles. The fourth-order valence-corrected chi connectivity index (χ4v) is 3.59. The van der Waals surface area contributed by atoms with E-state index >= 15 is 0 Å². The second kappa shape index (κ2) is 9.48. The van der Waals surface area contributed by atoms with E-state index in [-0.39, 0.29) is 23.4 Å². The highest BCUT2D eigenvalue weighted by molar-refractivity contribution is 6.05. The summed E-state index contributed by atoms with van der Waals surface area (Å²) in [7, 11) is 0. The maximum absolute atomic E-state index is 13.1. The molecule has 7 heteroatoms. The van der Waals surface area contributed by atoms with E-state index in [0.29, 0.717) is 22.7 Å². The monoisotopic (exact) mass is 440 g/mol. The fourth-order valence-electron chi connectivity index (χ4n) is 3.59. The van der Waals surface area contributed by atoms with Crippen molar-refractivity contribution in [3.05, 3.63) is 100.0 Å². The number of hydrogen-bond donors (Lipinski definition) is 2. The predicted octanol–water partition coefficient (Wildman–Crippen LogP) is 4.16. The number of aromatic nitrogens is 2. The van der Waals surface area contributed by atoms with Gasteiger partial charge in [-0.15, -0.1) is 0 Å². The second-order valence-electron chi connectivity index (χ2n) is 7.75. The summed E-state index contributed by atoms with van der Waals surface area (Å²) in [5, 5.41) is 5.90. The van der Waals surface area contributed by atoms with Crippen LogP contribution in [-0.4, -0.2) is 21.4 Å². The molecule has 0 bridgehead atoms. The van der Waals surface area contributed by atoms with Crippen molar-refractivity contribution in [1.29, 1.82) is 0 Å². The molecule has 33 heavy (non-hydrogen) atoms. The van der Waals surface area contributed by atoms with E-state index in [1.807, 2.05) is 37.3 Å². The molecule has 0 radical (unpaired) electrons. The summed E-state index contributed by atoms with van der Waals surface area (Å²) >= 11 is 0. The Kier molecular flexibility index (Phi) is 6.31. The fraction of sp³-hybridized carbons (Fsp3) is 0.154. The Balaban J connectivity index is 1.69. The van der Waals surface area contributed by atoms with Gasteiger partial charge in [-0.05, 0) is 55.3 Å². The lowest BCUT2D eigenvalue weighted by molar-refractivity contribution is -0.116. The van der Waals surface area contributed by atoms with Gasteiger partial charge in [0.1, 0.15) is 17.8 Å². The Morgan fingerprint density at radius 2 is 1.70 bits per heavy atom. The van der Waals surface area contributed by atoms with Crippen LogP contribution in [0.15, 0.2) is 77.7 Å². The molecule has 0 atom stereocenters. The van der Waals surface area contributed by atoms with Crippen molar-refractivity contribution in [2.45, 2.75) is 26.8 Å².